The van der Waals surface area contributed by atoms with Crippen molar-refractivity contribution in [2.24, 2.45) is 0 Å². The van der Waals surface area contributed by atoms with E-state index in [0.717, 1.165) is 0 Å². The van der Waals surface area contributed by atoms with E-state index in [0.29, 0.717) is 11.4 Å². The quantitative estimate of drug-likeness (QED) is 0.747. The van der Waals surface area contributed by atoms with Gasteiger partial charge in [0.1, 0.15) is 5.82 Å². The minimum absolute atomic E-state index is 0.0174. The maximum absolute atomic E-state index is 13.2. The summed E-state index contributed by atoms with van der Waals surface area (Å²) < 4.78 is 14.6. The lowest BCUT2D eigenvalue weighted by Crippen LogP contribution is -2.15. The standard InChI is InChI=1S/C11H8ClFN8O/c1-5-9(10(22)14-11-16-18-19-17-11)15-20-21(5)6-2-3-8(13)7(12)4-6/h2-4H,1H3,(H2,14,16,17,18,19,22). The first-order valence-electron chi connectivity index (χ1n) is 5.99. The molecule has 0 saturated carbocycles. The Morgan fingerprint density at radius 3 is 2.91 bits per heavy atom. The highest BCUT2D eigenvalue weighted by Crippen LogP contribution is 2.20. The molecule has 2 N–H and O–H groups in total. The lowest BCUT2D eigenvalue weighted by Gasteiger charge is -2.04. The van der Waals surface area contributed by atoms with Crippen molar-refractivity contribution in [2.75, 3.05) is 5.32 Å². The van der Waals surface area contributed by atoms with Gasteiger partial charge in [0.2, 0.25) is 0 Å². The number of carbonyl (C=O) groups is 1. The average Bonchev–Trinajstić information content (AvgIpc) is 3.11. The molecule has 1 aromatic carbocycles. The summed E-state index contributed by atoms with van der Waals surface area (Å²) in [5.41, 5.74) is 1.00. The van der Waals surface area contributed by atoms with Gasteiger partial charge in [0, 0.05) is 0 Å². The van der Waals surface area contributed by atoms with Crippen molar-refractivity contribution in [3.63, 3.8) is 0 Å². The predicted octanol–water partition coefficient (Wildman–Crippen LogP) is 1.13. The summed E-state index contributed by atoms with van der Waals surface area (Å²) in [4.78, 5) is 12.1. The normalized spacial score (nSPS) is 10.7. The molecule has 112 valence electrons. The molecule has 2 heterocycles. The number of hydrogen-bond donors (Lipinski definition) is 2. The van der Waals surface area contributed by atoms with Gasteiger partial charge in [-0.05, 0) is 30.3 Å². The number of amides is 1. The number of rotatable bonds is 3. The minimum atomic E-state index is -0.543. The average molecular weight is 323 g/mol. The Balaban J connectivity index is 1.91. The number of benzene rings is 1. The molecular weight excluding hydrogens is 315 g/mol. The molecule has 0 radical (unpaired) electrons. The molecule has 0 atom stereocenters. The van der Waals surface area contributed by atoms with E-state index in [4.69, 9.17) is 11.6 Å². The van der Waals surface area contributed by atoms with Crippen molar-refractivity contribution in [1.82, 2.24) is 35.6 Å². The van der Waals surface area contributed by atoms with E-state index in [1.165, 1.54) is 22.9 Å². The fraction of sp³-hybridized carbons (Fsp3) is 0.0909. The third-order valence-electron chi connectivity index (χ3n) is 2.83. The van der Waals surface area contributed by atoms with E-state index in [2.05, 4.69) is 36.3 Å². The number of anilines is 1. The van der Waals surface area contributed by atoms with Crippen LogP contribution in [0.4, 0.5) is 10.3 Å². The predicted molar refractivity (Wildman–Crippen MR) is 73.2 cm³/mol. The summed E-state index contributed by atoms with van der Waals surface area (Å²) in [7, 11) is 0. The van der Waals surface area contributed by atoms with Crippen LogP contribution in [0.3, 0.4) is 0 Å². The first-order valence-corrected chi connectivity index (χ1v) is 6.36. The number of nitrogens with one attached hydrogen (secondary N) is 2. The van der Waals surface area contributed by atoms with Crippen LogP contribution in [-0.4, -0.2) is 41.5 Å². The Labute approximate surface area is 127 Å². The van der Waals surface area contributed by atoms with Crippen LogP contribution in [0.25, 0.3) is 5.69 Å². The Hall–Kier alpha value is -2.88. The van der Waals surface area contributed by atoms with Crippen LogP contribution in [0.1, 0.15) is 16.2 Å². The first kappa shape index (κ1) is 14.1. The molecule has 0 bridgehead atoms. The number of carbonyl (C=O) groups excluding carboxylic acids is 1. The van der Waals surface area contributed by atoms with Gasteiger partial charge in [0.05, 0.1) is 16.4 Å². The molecule has 3 rings (SSSR count). The van der Waals surface area contributed by atoms with Gasteiger partial charge in [0.25, 0.3) is 11.9 Å². The summed E-state index contributed by atoms with van der Waals surface area (Å²) >= 11 is 5.74. The van der Waals surface area contributed by atoms with Crippen molar-refractivity contribution in [1.29, 1.82) is 0 Å². The largest absolute Gasteiger partial charge is 0.286 e. The van der Waals surface area contributed by atoms with Crippen molar-refractivity contribution in [3.8, 4) is 5.69 Å². The van der Waals surface area contributed by atoms with Gasteiger partial charge in [-0.3, -0.25) is 10.1 Å². The number of aromatic nitrogens is 7. The van der Waals surface area contributed by atoms with E-state index in [1.54, 1.807) is 6.92 Å². The Kier molecular flexibility index (Phi) is 3.51. The number of aromatic amines is 1. The molecule has 3 aromatic rings. The molecule has 11 heteroatoms. The maximum atomic E-state index is 13.2. The summed E-state index contributed by atoms with van der Waals surface area (Å²) in [6.45, 7) is 1.64. The van der Waals surface area contributed by atoms with Gasteiger partial charge in [0.15, 0.2) is 5.69 Å². The lowest BCUT2D eigenvalue weighted by atomic mass is 10.2. The first-order chi connectivity index (χ1) is 10.6. The highest BCUT2D eigenvalue weighted by molar-refractivity contribution is 6.30. The molecule has 0 aliphatic carbocycles. The zero-order chi connectivity index (χ0) is 15.7. The van der Waals surface area contributed by atoms with Gasteiger partial charge in [-0.15, -0.1) is 10.2 Å². The van der Waals surface area contributed by atoms with Crippen LogP contribution in [0, 0.1) is 12.7 Å². The van der Waals surface area contributed by atoms with Crippen LogP contribution in [0.2, 0.25) is 5.02 Å². The lowest BCUT2D eigenvalue weighted by molar-refractivity contribution is 0.102. The maximum Gasteiger partial charge on any atom is 0.280 e. The molecule has 2 aromatic heterocycles. The third kappa shape index (κ3) is 2.51. The van der Waals surface area contributed by atoms with Crippen molar-refractivity contribution >= 4 is 23.5 Å². The monoisotopic (exact) mass is 322 g/mol. The molecular formula is C11H8ClFN8O. The molecule has 0 unspecified atom stereocenters. The molecule has 0 aliphatic heterocycles. The van der Waals surface area contributed by atoms with Gasteiger partial charge >= 0.3 is 0 Å². The molecule has 0 fully saturated rings. The number of nitrogens with zero attached hydrogens (tertiary/aromatic N) is 6. The second-order valence-electron chi connectivity index (χ2n) is 4.22. The van der Waals surface area contributed by atoms with E-state index in [9.17, 15) is 9.18 Å². The summed E-state index contributed by atoms with van der Waals surface area (Å²) in [5, 5.41) is 22.8. The van der Waals surface area contributed by atoms with Crippen molar-refractivity contribution < 1.29 is 9.18 Å². The van der Waals surface area contributed by atoms with Gasteiger partial charge in [-0.1, -0.05) is 21.9 Å². The summed E-state index contributed by atoms with van der Waals surface area (Å²) in [6, 6.07) is 4.07. The van der Waals surface area contributed by atoms with Gasteiger partial charge in [-0.2, -0.15) is 5.21 Å². The summed E-state index contributed by atoms with van der Waals surface area (Å²) in [5.74, 6) is -1.07. The smallest absolute Gasteiger partial charge is 0.280 e. The SMILES string of the molecule is Cc1c(C(=O)Nc2nn[nH]n2)nnn1-c1ccc(F)c(Cl)c1. The Morgan fingerprint density at radius 2 is 2.23 bits per heavy atom. The van der Waals surface area contributed by atoms with Crippen LogP contribution < -0.4 is 5.32 Å². The molecule has 1 amide bonds. The number of halogens is 2. The van der Waals surface area contributed by atoms with Crippen molar-refractivity contribution in [3.05, 3.63) is 40.4 Å². The summed E-state index contributed by atoms with van der Waals surface area (Å²) in [6.07, 6.45) is 0. The molecule has 0 spiro atoms. The number of H-pyrrole nitrogens is 1. The second kappa shape index (κ2) is 5.48. The van der Waals surface area contributed by atoms with Gasteiger partial charge in [-0.25, -0.2) is 9.07 Å². The minimum Gasteiger partial charge on any atom is -0.286 e. The molecule has 9 nitrogen and oxygen atoms in total. The second-order valence-corrected chi connectivity index (χ2v) is 4.63. The molecule has 0 aliphatic rings. The zero-order valence-corrected chi connectivity index (χ0v) is 11.8. The third-order valence-corrected chi connectivity index (χ3v) is 3.12. The topological polar surface area (TPSA) is 114 Å². The highest BCUT2D eigenvalue weighted by atomic mass is 35.5. The molecule has 0 saturated heterocycles. The Bertz CT molecular complexity index is 831. The highest BCUT2D eigenvalue weighted by Gasteiger charge is 2.19. The van der Waals surface area contributed by atoms with E-state index in [1.807, 2.05) is 0 Å². The van der Waals surface area contributed by atoms with Crippen LogP contribution >= 0.6 is 11.6 Å². The van der Waals surface area contributed by atoms with E-state index >= 15 is 0 Å². The Morgan fingerprint density at radius 1 is 1.41 bits per heavy atom. The van der Waals surface area contributed by atoms with Crippen LogP contribution in [-0.2, 0) is 0 Å². The van der Waals surface area contributed by atoms with Crippen molar-refractivity contribution in [2.45, 2.75) is 6.92 Å². The number of tetrazole rings is 1. The zero-order valence-electron chi connectivity index (χ0n) is 11.1. The van der Waals surface area contributed by atoms with Gasteiger partial charge < -0.3 is 0 Å². The van der Waals surface area contributed by atoms with E-state index < -0.39 is 11.7 Å². The fourth-order valence-corrected chi connectivity index (χ4v) is 1.95. The van der Waals surface area contributed by atoms with E-state index in [-0.39, 0.29) is 16.7 Å². The van der Waals surface area contributed by atoms with Crippen LogP contribution in [0.5, 0.6) is 0 Å². The molecule has 22 heavy (non-hydrogen) atoms. The fourth-order valence-electron chi connectivity index (χ4n) is 1.78. The van der Waals surface area contributed by atoms with Crippen LogP contribution in [0.15, 0.2) is 18.2 Å². The number of hydrogen-bond acceptors (Lipinski definition) is 6.